The first-order valence-corrected chi connectivity index (χ1v) is 9.31. The molecule has 2 amide bonds. The standard InChI is InChI=1S/C19H26N2O4/c1-14-15(4-9-25-14)17(22)21-12-16(18(23)20-7-2-3-8-20)19(13-21)5-10-24-11-6-19/h4,9,16H,2-3,5-8,10-13H2,1H3/t16-/m1/s1. The van der Waals surface area contributed by atoms with Crippen LogP contribution in [0.1, 0.15) is 41.8 Å². The molecule has 4 heterocycles. The maximum atomic E-state index is 13.2. The van der Waals surface area contributed by atoms with Gasteiger partial charge in [0.25, 0.3) is 5.91 Å². The predicted molar refractivity (Wildman–Crippen MR) is 91.1 cm³/mol. The Hall–Kier alpha value is -1.82. The quantitative estimate of drug-likeness (QED) is 0.822. The molecule has 25 heavy (non-hydrogen) atoms. The Morgan fingerprint density at radius 2 is 1.88 bits per heavy atom. The molecule has 1 atom stereocenters. The highest BCUT2D eigenvalue weighted by Gasteiger charge is 2.53. The number of likely N-dealkylation sites (tertiary alicyclic amines) is 2. The first-order chi connectivity index (χ1) is 12.1. The number of nitrogens with zero attached hydrogens (tertiary/aromatic N) is 2. The van der Waals surface area contributed by atoms with Crippen LogP contribution in [0.3, 0.4) is 0 Å². The number of aryl methyl sites for hydroxylation is 1. The number of carbonyl (C=O) groups excluding carboxylic acids is 2. The van der Waals surface area contributed by atoms with Gasteiger partial charge in [0.05, 0.1) is 17.7 Å². The zero-order chi connectivity index (χ0) is 17.4. The van der Waals surface area contributed by atoms with Gasteiger partial charge < -0.3 is 19.0 Å². The SMILES string of the molecule is Cc1occc1C(=O)N1C[C@H](C(=O)N2CCCC2)C2(CCOCC2)C1. The van der Waals surface area contributed by atoms with Gasteiger partial charge in [0.2, 0.25) is 5.91 Å². The smallest absolute Gasteiger partial charge is 0.257 e. The van der Waals surface area contributed by atoms with Crippen molar-refractivity contribution >= 4 is 11.8 Å². The van der Waals surface area contributed by atoms with Crippen molar-refractivity contribution in [1.82, 2.24) is 9.80 Å². The van der Waals surface area contributed by atoms with Gasteiger partial charge in [0, 0.05) is 44.8 Å². The van der Waals surface area contributed by atoms with Gasteiger partial charge in [-0.05, 0) is 38.7 Å². The molecule has 0 radical (unpaired) electrons. The summed E-state index contributed by atoms with van der Waals surface area (Å²) in [7, 11) is 0. The molecule has 1 aromatic rings. The second-order valence-electron chi connectivity index (χ2n) is 7.64. The lowest BCUT2D eigenvalue weighted by atomic mass is 9.71. The molecule has 3 saturated heterocycles. The molecule has 1 aromatic heterocycles. The number of ether oxygens (including phenoxy) is 1. The summed E-state index contributed by atoms with van der Waals surface area (Å²) in [5, 5.41) is 0. The molecule has 6 nitrogen and oxygen atoms in total. The van der Waals surface area contributed by atoms with E-state index in [4.69, 9.17) is 9.15 Å². The molecule has 4 rings (SSSR count). The fourth-order valence-corrected chi connectivity index (χ4v) is 4.68. The predicted octanol–water partition coefficient (Wildman–Crippen LogP) is 2.08. The van der Waals surface area contributed by atoms with Gasteiger partial charge in [-0.15, -0.1) is 0 Å². The third-order valence-electron chi connectivity index (χ3n) is 6.23. The summed E-state index contributed by atoms with van der Waals surface area (Å²) in [5.41, 5.74) is 0.474. The van der Waals surface area contributed by atoms with Crippen molar-refractivity contribution in [3.63, 3.8) is 0 Å². The summed E-state index contributed by atoms with van der Waals surface area (Å²) in [6.45, 7) is 6.03. The molecule has 0 saturated carbocycles. The van der Waals surface area contributed by atoms with Crippen molar-refractivity contribution in [3.05, 3.63) is 23.7 Å². The van der Waals surface area contributed by atoms with Crippen LogP contribution < -0.4 is 0 Å². The fraction of sp³-hybridized carbons (Fsp3) is 0.684. The Morgan fingerprint density at radius 1 is 1.16 bits per heavy atom. The summed E-state index contributed by atoms with van der Waals surface area (Å²) in [4.78, 5) is 30.0. The van der Waals surface area contributed by atoms with E-state index in [1.165, 1.54) is 0 Å². The maximum absolute atomic E-state index is 13.2. The lowest BCUT2D eigenvalue weighted by Gasteiger charge is -2.38. The molecule has 0 unspecified atom stereocenters. The Morgan fingerprint density at radius 3 is 2.52 bits per heavy atom. The molecular formula is C19H26N2O4. The number of furan rings is 1. The zero-order valence-corrected chi connectivity index (χ0v) is 14.8. The Bertz CT molecular complexity index is 656. The number of hydrogen-bond donors (Lipinski definition) is 0. The Balaban J connectivity index is 1.59. The van der Waals surface area contributed by atoms with Crippen LogP contribution in [0.15, 0.2) is 16.7 Å². The third kappa shape index (κ3) is 2.86. The van der Waals surface area contributed by atoms with Crippen LogP contribution >= 0.6 is 0 Å². The van der Waals surface area contributed by atoms with E-state index in [2.05, 4.69) is 0 Å². The first-order valence-electron chi connectivity index (χ1n) is 9.31. The van der Waals surface area contributed by atoms with E-state index in [1.807, 2.05) is 9.80 Å². The topological polar surface area (TPSA) is 63.0 Å². The molecular weight excluding hydrogens is 320 g/mol. The summed E-state index contributed by atoms with van der Waals surface area (Å²) in [6, 6.07) is 1.73. The van der Waals surface area contributed by atoms with Crippen molar-refractivity contribution in [3.8, 4) is 0 Å². The van der Waals surface area contributed by atoms with Gasteiger partial charge in [-0.1, -0.05) is 0 Å². The summed E-state index contributed by atoms with van der Waals surface area (Å²) in [6.07, 6.45) is 5.43. The van der Waals surface area contributed by atoms with Crippen molar-refractivity contribution in [2.45, 2.75) is 32.6 Å². The van der Waals surface area contributed by atoms with Crippen LogP contribution in [-0.2, 0) is 9.53 Å². The Labute approximate surface area is 148 Å². The van der Waals surface area contributed by atoms with E-state index in [0.29, 0.717) is 37.6 Å². The van der Waals surface area contributed by atoms with Crippen LogP contribution in [0.25, 0.3) is 0 Å². The molecule has 6 heteroatoms. The molecule has 3 fully saturated rings. The molecule has 3 aliphatic heterocycles. The van der Waals surface area contributed by atoms with E-state index in [9.17, 15) is 9.59 Å². The largest absolute Gasteiger partial charge is 0.469 e. The van der Waals surface area contributed by atoms with Crippen molar-refractivity contribution in [2.24, 2.45) is 11.3 Å². The minimum absolute atomic E-state index is 0.0196. The summed E-state index contributed by atoms with van der Waals surface area (Å²) >= 11 is 0. The normalized spacial score (nSPS) is 25.7. The average Bonchev–Trinajstić information content (AvgIpc) is 3.35. The first kappa shape index (κ1) is 16.6. The molecule has 0 N–H and O–H groups in total. The van der Waals surface area contributed by atoms with E-state index in [1.54, 1.807) is 19.3 Å². The van der Waals surface area contributed by atoms with Crippen molar-refractivity contribution in [1.29, 1.82) is 0 Å². The van der Waals surface area contributed by atoms with Gasteiger partial charge in [-0.2, -0.15) is 0 Å². The molecule has 1 spiro atoms. The van der Waals surface area contributed by atoms with Crippen LogP contribution in [0.2, 0.25) is 0 Å². The van der Waals surface area contributed by atoms with E-state index in [0.717, 1.165) is 38.8 Å². The van der Waals surface area contributed by atoms with Gasteiger partial charge in [-0.25, -0.2) is 0 Å². The van der Waals surface area contributed by atoms with E-state index < -0.39 is 0 Å². The van der Waals surface area contributed by atoms with Crippen LogP contribution in [-0.4, -0.2) is 61.0 Å². The third-order valence-corrected chi connectivity index (χ3v) is 6.23. The zero-order valence-electron chi connectivity index (χ0n) is 14.8. The molecule has 0 aliphatic carbocycles. The average molecular weight is 346 g/mol. The van der Waals surface area contributed by atoms with Gasteiger partial charge in [0.1, 0.15) is 5.76 Å². The minimum Gasteiger partial charge on any atom is -0.469 e. The highest BCUT2D eigenvalue weighted by Crippen LogP contribution is 2.45. The van der Waals surface area contributed by atoms with E-state index >= 15 is 0 Å². The number of rotatable bonds is 2. The second kappa shape index (κ2) is 6.48. The van der Waals surface area contributed by atoms with Crippen LogP contribution in [0.4, 0.5) is 0 Å². The second-order valence-corrected chi connectivity index (χ2v) is 7.64. The lowest BCUT2D eigenvalue weighted by Crippen LogP contribution is -2.45. The van der Waals surface area contributed by atoms with Crippen molar-refractivity contribution < 1.29 is 18.7 Å². The highest BCUT2D eigenvalue weighted by molar-refractivity contribution is 5.96. The maximum Gasteiger partial charge on any atom is 0.257 e. The summed E-state index contributed by atoms with van der Waals surface area (Å²) in [5.74, 6) is 0.749. The number of carbonyl (C=O) groups is 2. The van der Waals surface area contributed by atoms with Gasteiger partial charge in [0.15, 0.2) is 0 Å². The molecule has 136 valence electrons. The Kier molecular flexibility index (Phi) is 4.31. The monoisotopic (exact) mass is 346 g/mol. The lowest BCUT2D eigenvalue weighted by molar-refractivity contribution is -0.139. The fourth-order valence-electron chi connectivity index (χ4n) is 4.68. The molecule has 0 aromatic carbocycles. The van der Waals surface area contributed by atoms with Gasteiger partial charge in [-0.3, -0.25) is 9.59 Å². The van der Waals surface area contributed by atoms with E-state index in [-0.39, 0.29) is 23.1 Å². The highest BCUT2D eigenvalue weighted by atomic mass is 16.5. The number of hydrogen-bond acceptors (Lipinski definition) is 4. The molecule has 3 aliphatic rings. The summed E-state index contributed by atoms with van der Waals surface area (Å²) < 4.78 is 10.8. The molecule has 0 bridgehead atoms. The van der Waals surface area contributed by atoms with Crippen LogP contribution in [0.5, 0.6) is 0 Å². The minimum atomic E-state index is -0.134. The van der Waals surface area contributed by atoms with Crippen molar-refractivity contribution in [2.75, 3.05) is 39.4 Å². The van der Waals surface area contributed by atoms with Crippen LogP contribution in [0, 0.1) is 18.3 Å². The number of amides is 2. The van der Waals surface area contributed by atoms with Gasteiger partial charge >= 0.3 is 0 Å².